The molecule has 0 radical (unpaired) electrons. The number of nitrogens with zero attached hydrogens (tertiary/aromatic N) is 4. The number of rotatable bonds is 9. The van der Waals surface area contributed by atoms with Gasteiger partial charge in [0.15, 0.2) is 0 Å². The monoisotopic (exact) mass is 434 g/mol. The zero-order chi connectivity index (χ0) is 22.4. The van der Waals surface area contributed by atoms with Crippen molar-refractivity contribution in [2.75, 3.05) is 43.6 Å². The first-order valence-electron chi connectivity index (χ1n) is 10.3. The molecule has 1 saturated heterocycles. The van der Waals surface area contributed by atoms with E-state index in [2.05, 4.69) is 14.9 Å². The minimum absolute atomic E-state index is 0.00412. The van der Waals surface area contributed by atoms with Gasteiger partial charge in [-0.1, -0.05) is 19.1 Å². The van der Waals surface area contributed by atoms with Gasteiger partial charge in [0.1, 0.15) is 17.7 Å². The molecule has 1 aromatic heterocycles. The normalized spacial score (nSPS) is 17.0. The first-order chi connectivity index (χ1) is 14.9. The Labute approximate surface area is 181 Å². The van der Waals surface area contributed by atoms with Crippen molar-refractivity contribution >= 4 is 17.7 Å². The second-order valence-corrected chi connectivity index (χ2v) is 7.71. The molecule has 1 fully saturated rings. The molecule has 1 aliphatic rings. The van der Waals surface area contributed by atoms with Crippen molar-refractivity contribution < 1.29 is 23.0 Å². The summed E-state index contributed by atoms with van der Waals surface area (Å²) in [6.45, 7) is 2.98. The molecule has 0 amide bonds. The summed E-state index contributed by atoms with van der Waals surface area (Å²) in [4.78, 5) is 23.4. The number of ether oxygens (including phenoxy) is 2. The number of hydrogen-bond acceptors (Lipinski definition) is 7. The molecule has 1 aromatic carbocycles. The Morgan fingerprint density at radius 3 is 2.71 bits per heavy atom. The van der Waals surface area contributed by atoms with Gasteiger partial charge in [-0.05, 0) is 29.7 Å². The van der Waals surface area contributed by atoms with E-state index >= 15 is 0 Å². The van der Waals surface area contributed by atoms with E-state index in [1.54, 1.807) is 19.3 Å². The van der Waals surface area contributed by atoms with Crippen LogP contribution in [0.25, 0.3) is 0 Å². The predicted octanol–water partition coefficient (Wildman–Crippen LogP) is 3.50. The lowest BCUT2D eigenvalue weighted by Crippen LogP contribution is -2.28. The van der Waals surface area contributed by atoms with Crippen molar-refractivity contribution in [3.05, 3.63) is 42.1 Å². The summed E-state index contributed by atoms with van der Waals surface area (Å²) in [5, 5.41) is 0. The van der Waals surface area contributed by atoms with Crippen molar-refractivity contribution in [1.82, 2.24) is 9.97 Å². The van der Waals surface area contributed by atoms with Crippen LogP contribution in [0.3, 0.4) is 0 Å². The van der Waals surface area contributed by atoms with Crippen molar-refractivity contribution in [2.45, 2.75) is 38.2 Å². The van der Waals surface area contributed by atoms with Crippen LogP contribution >= 0.6 is 0 Å². The Bertz CT molecular complexity index is 866. The third-order valence-corrected chi connectivity index (χ3v) is 5.30. The summed E-state index contributed by atoms with van der Waals surface area (Å²) >= 11 is 0. The first kappa shape index (κ1) is 22.7. The third-order valence-electron chi connectivity index (χ3n) is 5.30. The number of halogens is 2. The van der Waals surface area contributed by atoms with E-state index < -0.39 is 13.0 Å². The lowest BCUT2D eigenvalue weighted by molar-refractivity contribution is -0.140. The summed E-state index contributed by atoms with van der Waals surface area (Å²) in [5.41, 5.74) is 1.05. The molecular weight excluding hydrogens is 406 g/mol. The van der Waals surface area contributed by atoms with E-state index in [4.69, 9.17) is 9.47 Å². The first-order valence-corrected chi connectivity index (χ1v) is 10.3. The highest BCUT2D eigenvalue weighted by Gasteiger charge is 2.26. The zero-order valence-electron chi connectivity index (χ0n) is 18.0. The molecule has 31 heavy (non-hydrogen) atoms. The molecule has 168 valence electrons. The summed E-state index contributed by atoms with van der Waals surface area (Å²) < 4.78 is 36.1. The average Bonchev–Trinajstić information content (AvgIpc) is 3.22. The number of benzene rings is 1. The third kappa shape index (κ3) is 6.26. The molecule has 0 bridgehead atoms. The molecule has 1 unspecified atom stereocenters. The minimum Gasteiger partial charge on any atom is -0.489 e. The Morgan fingerprint density at radius 1 is 1.29 bits per heavy atom. The van der Waals surface area contributed by atoms with E-state index in [9.17, 15) is 13.6 Å². The Balaban J connectivity index is 1.56. The van der Waals surface area contributed by atoms with E-state index in [0.717, 1.165) is 24.3 Å². The van der Waals surface area contributed by atoms with Gasteiger partial charge in [0, 0.05) is 26.2 Å². The van der Waals surface area contributed by atoms with Crippen LogP contribution in [0.5, 0.6) is 5.75 Å². The average molecular weight is 434 g/mol. The number of anilines is 2. The Hall–Kier alpha value is -2.97. The molecule has 3 rings (SSSR count). The number of aromatic nitrogens is 2. The molecule has 2 heterocycles. The smallest absolute Gasteiger partial charge is 0.306 e. The minimum atomic E-state index is -2.45. The Morgan fingerprint density at radius 2 is 2.03 bits per heavy atom. The number of carbonyl (C=O) groups is 1. The second-order valence-electron chi connectivity index (χ2n) is 7.71. The van der Waals surface area contributed by atoms with Gasteiger partial charge in [0.05, 0.1) is 26.6 Å². The number of methoxy groups -OCH3 is 1. The quantitative estimate of drug-likeness (QED) is 0.560. The van der Waals surface area contributed by atoms with Crippen LogP contribution < -0.4 is 14.5 Å². The highest BCUT2D eigenvalue weighted by Crippen LogP contribution is 2.26. The molecular formula is C22H28F2N4O3. The summed E-state index contributed by atoms with van der Waals surface area (Å²) in [7, 11) is 2.94. The molecule has 7 nitrogen and oxygen atoms in total. The summed E-state index contributed by atoms with van der Waals surface area (Å²) in [6, 6.07) is 9.53. The van der Waals surface area contributed by atoms with Crippen molar-refractivity contribution in [3.8, 4) is 5.75 Å². The van der Waals surface area contributed by atoms with Crippen LogP contribution in [0.15, 0.2) is 36.5 Å². The molecule has 0 saturated carbocycles. The second kappa shape index (κ2) is 10.4. The van der Waals surface area contributed by atoms with Crippen molar-refractivity contribution in [3.63, 3.8) is 0 Å². The number of carbonyl (C=O) groups excluding carboxylic acids is 1. The van der Waals surface area contributed by atoms with Gasteiger partial charge in [-0.3, -0.25) is 4.79 Å². The molecule has 2 aromatic rings. The van der Waals surface area contributed by atoms with E-state index in [1.165, 1.54) is 12.0 Å². The van der Waals surface area contributed by atoms with Crippen LogP contribution in [0, 0.1) is 0 Å². The van der Waals surface area contributed by atoms with Crippen molar-refractivity contribution in [1.29, 1.82) is 0 Å². The van der Waals surface area contributed by atoms with Gasteiger partial charge in [0.25, 0.3) is 6.43 Å². The van der Waals surface area contributed by atoms with Gasteiger partial charge in [-0.15, -0.1) is 0 Å². The predicted molar refractivity (Wildman–Crippen MR) is 114 cm³/mol. The standard InChI is InChI=1S/C22H28F2N4O3/c1-15(12-21(29)30-3)16-4-6-17(7-5-16)31-18-9-11-28(13-18)20-8-10-25-22(26-20)27(2)14-19(23)24/h4-8,10,15,18-19H,9,11-14H2,1-3H3/t15-,18?/m1/s1. The van der Waals surface area contributed by atoms with Gasteiger partial charge in [-0.25, -0.2) is 13.8 Å². The highest BCUT2D eigenvalue weighted by molar-refractivity contribution is 5.70. The van der Waals surface area contributed by atoms with E-state index in [1.807, 2.05) is 31.2 Å². The van der Waals surface area contributed by atoms with Crippen LogP contribution in [0.2, 0.25) is 0 Å². The summed E-state index contributed by atoms with van der Waals surface area (Å²) in [5.74, 6) is 1.58. The van der Waals surface area contributed by atoms with E-state index in [0.29, 0.717) is 18.8 Å². The number of alkyl halides is 2. The lowest BCUT2D eigenvalue weighted by Gasteiger charge is -2.21. The molecule has 0 N–H and O–H groups in total. The Kier molecular flexibility index (Phi) is 7.59. The maximum Gasteiger partial charge on any atom is 0.306 e. The topological polar surface area (TPSA) is 67.8 Å². The summed E-state index contributed by atoms with van der Waals surface area (Å²) in [6.07, 6.45) is 0.295. The molecule has 0 aliphatic carbocycles. The maximum absolute atomic E-state index is 12.6. The van der Waals surface area contributed by atoms with Gasteiger partial charge in [0.2, 0.25) is 5.95 Å². The van der Waals surface area contributed by atoms with Crippen LogP contribution in [0.4, 0.5) is 20.5 Å². The molecule has 2 atom stereocenters. The van der Waals surface area contributed by atoms with Crippen molar-refractivity contribution in [2.24, 2.45) is 0 Å². The lowest BCUT2D eigenvalue weighted by atomic mass is 9.98. The number of hydrogen-bond donors (Lipinski definition) is 0. The largest absolute Gasteiger partial charge is 0.489 e. The maximum atomic E-state index is 12.6. The van der Waals surface area contributed by atoms with Crippen LogP contribution in [-0.4, -0.2) is 62.3 Å². The fourth-order valence-corrected chi connectivity index (χ4v) is 3.54. The molecule has 0 spiro atoms. The zero-order valence-corrected chi connectivity index (χ0v) is 18.0. The highest BCUT2D eigenvalue weighted by atomic mass is 19.3. The van der Waals surface area contributed by atoms with E-state index in [-0.39, 0.29) is 23.9 Å². The number of esters is 1. The molecule has 9 heteroatoms. The van der Waals surface area contributed by atoms with Gasteiger partial charge < -0.3 is 19.3 Å². The van der Waals surface area contributed by atoms with Crippen LogP contribution in [0.1, 0.15) is 31.2 Å². The SMILES string of the molecule is COC(=O)C[C@@H](C)c1ccc(OC2CCN(c3ccnc(N(C)CC(F)F)n3)C2)cc1. The fraction of sp³-hybridized carbons (Fsp3) is 0.500. The van der Waals surface area contributed by atoms with Gasteiger partial charge >= 0.3 is 5.97 Å². The van der Waals surface area contributed by atoms with Crippen LogP contribution in [-0.2, 0) is 9.53 Å². The van der Waals surface area contributed by atoms with Gasteiger partial charge in [-0.2, -0.15) is 4.98 Å². The molecule has 1 aliphatic heterocycles. The fourth-order valence-electron chi connectivity index (χ4n) is 3.54.